The largest absolute Gasteiger partial charge is 0.370 e. The molecule has 24 heavy (non-hydrogen) atoms. The van der Waals surface area contributed by atoms with Crippen molar-refractivity contribution in [3.63, 3.8) is 0 Å². The molecule has 0 saturated carbocycles. The lowest BCUT2D eigenvalue weighted by molar-refractivity contribution is -0.137. The van der Waals surface area contributed by atoms with Crippen LogP contribution in [0.1, 0.15) is 31.7 Å². The SMILES string of the molecule is CC(CC(N)=O)CC(=O)N(Cc1ccccc1)C1(C#N)CCNC1. The molecule has 1 aliphatic rings. The number of amides is 2. The van der Waals surface area contributed by atoms with Gasteiger partial charge in [-0.2, -0.15) is 5.26 Å². The third-order valence-electron chi connectivity index (χ3n) is 4.41. The first-order chi connectivity index (χ1) is 11.5. The average molecular weight is 328 g/mol. The number of carbonyl (C=O) groups is 2. The molecule has 1 fully saturated rings. The van der Waals surface area contributed by atoms with Crippen LogP contribution in [-0.2, 0) is 16.1 Å². The molecule has 2 amide bonds. The lowest BCUT2D eigenvalue weighted by atomic mass is 9.94. The minimum absolute atomic E-state index is 0.113. The molecule has 0 spiro atoms. The number of rotatable bonds is 7. The first-order valence-corrected chi connectivity index (χ1v) is 8.21. The van der Waals surface area contributed by atoms with Gasteiger partial charge < -0.3 is 16.0 Å². The van der Waals surface area contributed by atoms with Crippen molar-refractivity contribution in [1.82, 2.24) is 10.2 Å². The summed E-state index contributed by atoms with van der Waals surface area (Å²) in [6.07, 6.45) is 0.980. The van der Waals surface area contributed by atoms with Gasteiger partial charge in [-0.15, -0.1) is 0 Å². The van der Waals surface area contributed by atoms with Crippen LogP contribution in [0.4, 0.5) is 0 Å². The van der Waals surface area contributed by atoms with Gasteiger partial charge in [-0.1, -0.05) is 37.3 Å². The third-order valence-corrected chi connectivity index (χ3v) is 4.41. The fraction of sp³-hybridized carbons (Fsp3) is 0.500. The van der Waals surface area contributed by atoms with Crippen LogP contribution in [0.3, 0.4) is 0 Å². The van der Waals surface area contributed by atoms with Crippen molar-refractivity contribution in [2.45, 2.75) is 38.3 Å². The van der Waals surface area contributed by atoms with Gasteiger partial charge in [-0.25, -0.2) is 0 Å². The molecule has 1 aromatic carbocycles. The van der Waals surface area contributed by atoms with Gasteiger partial charge in [0, 0.05) is 25.9 Å². The minimum atomic E-state index is -0.834. The Bertz CT molecular complexity index is 618. The van der Waals surface area contributed by atoms with E-state index in [0.29, 0.717) is 26.1 Å². The molecule has 1 heterocycles. The minimum Gasteiger partial charge on any atom is -0.370 e. The first-order valence-electron chi connectivity index (χ1n) is 8.21. The summed E-state index contributed by atoms with van der Waals surface area (Å²) in [6, 6.07) is 12.0. The maximum atomic E-state index is 12.9. The number of nitrogens with two attached hydrogens (primary N) is 1. The summed E-state index contributed by atoms with van der Waals surface area (Å²) in [5, 5.41) is 12.9. The molecule has 1 aromatic rings. The number of nitriles is 1. The molecule has 2 atom stereocenters. The zero-order valence-electron chi connectivity index (χ0n) is 14.0. The van der Waals surface area contributed by atoms with Crippen LogP contribution in [0.15, 0.2) is 30.3 Å². The van der Waals surface area contributed by atoms with E-state index in [-0.39, 0.29) is 24.7 Å². The van der Waals surface area contributed by atoms with E-state index in [1.54, 1.807) is 4.90 Å². The van der Waals surface area contributed by atoms with E-state index >= 15 is 0 Å². The molecule has 1 aliphatic heterocycles. The zero-order valence-corrected chi connectivity index (χ0v) is 14.0. The van der Waals surface area contributed by atoms with Crippen molar-refractivity contribution in [1.29, 1.82) is 5.26 Å². The highest BCUT2D eigenvalue weighted by molar-refractivity contribution is 5.79. The summed E-state index contributed by atoms with van der Waals surface area (Å²) in [5.74, 6) is -0.668. The van der Waals surface area contributed by atoms with E-state index in [0.717, 1.165) is 5.56 Å². The standard InChI is InChI=1S/C18H24N4O2/c1-14(9-16(20)23)10-17(24)22(11-15-5-3-2-4-6-15)18(12-19)7-8-21-13-18/h2-6,14,21H,7-11,13H2,1H3,(H2,20,23). The second-order valence-corrected chi connectivity index (χ2v) is 6.52. The maximum absolute atomic E-state index is 12.9. The molecule has 0 radical (unpaired) electrons. The van der Waals surface area contributed by atoms with E-state index in [4.69, 9.17) is 5.73 Å². The molecule has 0 bridgehead atoms. The van der Waals surface area contributed by atoms with E-state index in [1.807, 2.05) is 37.3 Å². The summed E-state index contributed by atoms with van der Waals surface area (Å²) in [4.78, 5) is 25.6. The van der Waals surface area contributed by atoms with Gasteiger partial charge in [0.05, 0.1) is 6.07 Å². The summed E-state index contributed by atoms with van der Waals surface area (Å²) in [7, 11) is 0. The second kappa shape index (κ2) is 7.93. The zero-order chi connectivity index (χ0) is 17.6. The number of benzene rings is 1. The van der Waals surface area contributed by atoms with E-state index in [2.05, 4.69) is 11.4 Å². The van der Waals surface area contributed by atoms with Crippen molar-refractivity contribution in [2.75, 3.05) is 13.1 Å². The highest BCUT2D eigenvalue weighted by Crippen LogP contribution is 2.27. The fourth-order valence-corrected chi connectivity index (χ4v) is 3.13. The van der Waals surface area contributed by atoms with E-state index in [9.17, 15) is 14.9 Å². The molecule has 3 N–H and O–H groups in total. The second-order valence-electron chi connectivity index (χ2n) is 6.52. The Morgan fingerprint density at radius 3 is 2.62 bits per heavy atom. The Hall–Kier alpha value is -2.39. The molecule has 2 rings (SSSR count). The molecular formula is C18H24N4O2. The number of hydrogen-bond acceptors (Lipinski definition) is 4. The van der Waals surface area contributed by atoms with Crippen LogP contribution in [0.2, 0.25) is 0 Å². The Morgan fingerprint density at radius 1 is 1.38 bits per heavy atom. The Balaban J connectivity index is 2.20. The van der Waals surface area contributed by atoms with Crippen LogP contribution in [-0.4, -0.2) is 35.3 Å². The average Bonchev–Trinajstić information content (AvgIpc) is 3.02. The highest BCUT2D eigenvalue weighted by atomic mass is 16.2. The molecule has 0 aliphatic carbocycles. The number of hydrogen-bond donors (Lipinski definition) is 2. The molecule has 6 heteroatoms. The molecule has 1 saturated heterocycles. The van der Waals surface area contributed by atoms with Crippen molar-refractivity contribution < 1.29 is 9.59 Å². The quantitative estimate of drug-likeness (QED) is 0.785. The summed E-state index contributed by atoms with van der Waals surface area (Å²) < 4.78 is 0. The van der Waals surface area contributed by atoms with Crippen molar-refractivity contribution in [2.24, 2.45) is 11.7 Å². The van der Waals surface area contributed by atoms with Crippen molar-refractivity contribution >= 4 is 11.8 Å². The number of nitrogens with one attached hydrogen (secondary N) is 1. The predicted octanol–water partition coefficient (Wildman–Crippen LogP) is 1.17. The van der Waals surface area contributed by atoms with Crippen LogP contribution < -0.4 is 11.1 Å². The van der Waals surface area contributed by atoms with Gasteiger partial charge in [0.15, 0.2) is 0 Å². The normalized spacial score (nSPS) is 21.0. The van der Waals surface area contributed by atoms with E-state index in [1.165, 1.54) is 0 Å². The summed E-state index contributed by atoms with van der Waals surface area (Å²) >= 11 is 0. The topological polar surface area (TPSA) is 99.2 Å². The van der Waals surface area contributed by atoms with Gasteiger partial charge in [0.25, 0.3) is 0 Å². The summed E-state index contributed by atoms with van der Waals surface area (Å²) in [5.41, 5.74) is 5.36. The first kappa shape index (κ1) is 18.0. The van der Waals surface area contributed by atoms with Gasteiger partial charge in [0.1, 0.15) is 5.54 Å². The number of nitrogens with zero attached hydrogens (tertiary/aromatic N) is 2. The Morgan fingerprint density at radius 2 is 2.08 bits per heavy atom. The lowest BCUT2D eigenvalue weighted by Crippen LogP contribution is -2.52. The predicted molar refractivity (Wildman–Crippen MR) is 90.4 cm³/mol. The smallest absolute Gasteiger partial charge is 0.224 e. The Labute approximate surface area is 142 Å². The maximum Gasteiger partial charge on any atom is 0.224 e. The van der Waals surface area contributed by atoms with Gasteiger partial charge >= 0.3 is 0 Å². The fourth-order valence-electron chi connectivity index (χ4n) is 3.13. The molecular weight excluding hydrogens is 304 g/mol. The highest BCUT2D eigenvalue weighted by Gasteiger charge is 2.42. The Kier molecular flexibility index (Phi) is 5.93. The number of primary amides is 1. The summed E-state index contributed by atoms with van der Waals surface area (Å²) in [6.45, 7) is 3.39. The van der Waals surface area contributed by atoms with Crippen LogP contribution in [0.25, 0.3) is 0 Å². The van der Waals surface area contributed by atoms with Gasteiger partial charge in [-0.3, -0.25) is 9.59 Å². The molecule has 2 unspecified atom stereocenters. The van der Waals surface area contributed by atoms with Crippen LogP contribution in [0.5, 0.6) is 0 Å². The molecule has 6 nitrogen and oxygen atoms in total. The monoisotopic (exact) mass is 328 g/mol. The lowest BCUT2D eigenvalue weighted by Gasteiger charge is -2.36. The van der Waals surface area contributed by atoms with Crippen molar-refractivity contribution in [3.05, 3.63) is 35.9 Å². The van der Waals surface area contributed by atoms with Crippen LogP contribution in [0, 0.1) is 17.2 Å². The molecule has 128 valence electrons. The number of carbonyl (C=O) groups excluding carboxylic acids is 2. The van der Waals surface area contributed by atoms with Crippen molar-refractivity contribution in [3.8, 4) is 6.07 Å². The van der Waals surface area contributed by atoms with Gasteiger partial charge in [0.2, 0.25) is 11.8 Å². The van der Waals surface area contributed by atoms with Crippen LogP contribution >= 0.6 is 0 Å². The van der Waals surface area contributed by atoms with E-state index < -0.39 is 11.4 Å². The third kappa shape index (κ3) is 4.33. The van der Waals surface area contributed by atoms with Gasteiger partial charge in [-0.05, 0) is 24.4 Å². The molecule has 0 aromatic heterocycles.